The molecule has 1 fully saturated rings. The standard InChI is InChI=1S/C26H34N4O6S2/c1-4-37(33,34)27-17-23-14-15-30(19-23)38(35,36)24-12-10-21(11-13-24)16-25(31)29(20-26(32)28(2)3)18-22-8-6-5-7-9-22/h4-13,23,27H,1,14-20H2,2-3H3/t23-/m1/s1. The second kappa shape index (κ2) is 12.7. The lowest BCUT2D eigenvalue weighted by Gasteiger charge is -2.24. The highest BCUT2D eigenvalue weighted by Gasteiger charge is 2.33. The average molecular weight is 563 g/mol. The predicted molar refractivity (Wildman–Crippen MR) is 145 cm³/mol. The number of likely N-dealkylation sites (N-methyl/N-ethyl adjacent to an activating group) is 1. The summed E-state index contributed by atoms with van der Waals surface area (Å²) in [6, 6.07) is 15.5. The molecule has 1 saturated heterocycles. The second-order valence-electron chi connectivity index (χ2n) is 9.42. The number of nitrogens with one attached hydrogen (secondary N) is 1. The third-order valence-electron chi connectivity index (χ3n) is 6.35. The monoisotopic (exact) mass is 562 g/mol. The first kappa shape index (κ1) is 29.5. The Morgan fingerprint density at radius 2 is 1.66 bits per heavy atom. The van der Waals surface area contributed by atoms with Crippen LogP contribution in [0.25, 0.3) is 0 Å². The predicted octanol–water partition coefficient (Wildman–Crippen LogP) is 1.42. The molecule has 1 N–H and O–H groups in total. The smallest absolute Gasteiger partial charge is 0.243 e. The fraction of sp³-hybridized carbons (Fsp3) is 0.385. The van der Waals surface area contributed by atoms with E-state index in [1.165, 1.54) is 26.2 Å². The normalized spacial score (nSPS) is 16.2. The maximum atomic E-state index is 13.1. The summed E-state index contributed by atoms with van der Waals surface area (Å²) in [4.78, 5) is 28.5. The van der Waals surface area contributed by atoms with Crippen LogP contribution in [-0.4, -0.2) is 83.0 Å². The minimum Gasteiger partial charge on any atom is -0.347 e. The number of nitrogens with zero attached hydrogens (tertiary/aromatic N) is 3. The summed E-state index contributed by atoms with van der Waals surface area (Å²) >= 11 is 0. The van der Waals surface area contributed by atoms with E-state index in [0.29, 0.717) is 12.0 Å². The van der Waals surface area contributed by atoms with Gasteiger partial charge in [0.1, 0.15) is 6.54 Å². The summed E-state index contributed by atoms with van der Waals surface area (Å²) < 4.78 is 53.1. The number of hydrogen-bond acceptors (Lipinski definition) is 6. The molecule has 2 aromatic carbocycles. The van der Waals surface area contributed by atoms with Gasteiger partial charge in [-0.2, -0.15) is 4.31 Å². The molecule has 12 heteroatoms. The van der Waals surface area contributed by atoms with Crippen LogP contribution in [0.2, 0.25) is 0 Å². The minimum atomic E-state index is -3.77. The molecule has 0 saturated carbocycles. The van der Waals surface area contributed by atoms with E-state index >= 15 is 0 Å². The van der Waals surface area contributed by atoms with Crippen LogP contribution in [0.5, 0.6) is 0 Å². The van der Waals surface area contributed by atoms with Gasteiger partial charge in [-0.15, -0.1) is 0 Å². The third-order valence-corrected chi connectivity index (χ3v) is 9.24. The maximum absolute atomic E-state index is 13.1. The van der Waals surface area contributed by atoms with Crippen LogP contribution in [0, 0.1) is 5.92 Å². The van der Waals surface area contributed by atoms with Gasteiger partial charge in [-0.1, -0.05) is 49.0 Å². The zero-order chi connectivity index (χ0) is 27.9. The van der Waals surface area contributed by atoms with E-state index in [0.717, 1.165) is 11.0 Å². The average Bonchev–Trinajstić information content (AvgIpc) is 3.38. The first-order valence-electron chi connectivity index (χ1n) is 12.1. The van der Waals surface area contributed by atoms with Crippen molar-refractivity contribution in [3.63, 3.8) is 0 Å². The van der Waals surface area contributed by atoms with Crippen LogP contribution >= 0.6 is 0 Å². The molecule has 38 heavy (non-hydrogen) atoms. The first-order chi connectivity index (χ1) is 17.9. The largest absolute Gasteiger partial charge is 0.347 e. The number of carbonyl (C=O) groups is 2. The molecule has 2 aromatic rings. The van der Waals surface area contributed by atoms with Gasteiger partial charge >= 0.3 is 0 Å². The molecule has 0 aromatic heterocycles. The quantitative estimate of drug-likeness (QED) is 0.417. The lowest BCUT2D eigenvalue weighted by molar-refractivity contribution is -0.139. The Bertz CT molecular complexity index is 1340. The molecule has 1 heterocycles. The van der Waals surface area contributed by atoms with Gasteiger partial charge in [-0.25, -0.2) is 21.6 Å². The van der Waals surface area contributed by atoms with Gasteiger partial charge in [-0.3, -0.25) is 9.59 Å². The first-order valence-corrected chi connectivity index (χ1v) is 15.1. The molecule has 1 aliphatic rings. The van der Waals surface area contributed by atoms with E-state index in [1.807, 2.05) is 30.3 Å². The van der Waals surface area contributed by atoms with Crippen molar-refractivity contribution >= 4 is 31.9 Å². The van der Waals surface area contributed by atoms with Crippen molar-refractivity contribution in [3.8, 4) is 0 Å². The van der Waals surface area contributed by atoms with Crippen molar-refractivity contribution in [2.45, 2.75) is 24.3 Å². The number of amides is 2. The van der Waals surface area contributed by atoms with Crippen molar-refractivity contribution in [2.24, 2.45) is 5.92 Å². The van der Waals surface area contributed by atoms with E-state index in [1.54, 1.807) is 26.2 Å². The SMILES string of the molecule is C=CS(=O)(=O)NC[C@H]1CCN(S(=O)(=O)c2ccc(CC(=O)N(CC(=O)N(C)C)Cc3ccccc3)cc2)C1. The highest BCUT2D eigenvalue weighted by molar-refractivity contribution is 7.92. The van der Waals surface area contributed by atoms with E-state index < -0.39 is 20.0 Å². The van der Waals surface area contributed by atoms with Gasteiger partial charge in [-0.05, 0) is 35.6 Å². The van der Waals surface area contributed by atoms with Crippen molar-refractivity contribution in [1.82, 2.24) is 18.8 Å². The molecule has 0 bridgehead atoms. The van der Waals surface area contributed by atoms with E-state index in [2.05, 4.69) is 11.3 Å². The Morgan fingerprint density at radius 1 is 1.00 bits per heavy atom. The van der Waals surface area contributed by atoms with Gasteiger partial charge in [0, 0.05) is 45.7 Å². The fourth-order valence-electron chi connectivity index (χ4n) is 4.03. The maximum Gasteiger partial charge on any atom is 0.243 e. The van der Waals surface area contributed by atoms with Crippen LogP contribution < -0.4 is 4.72 Å². The summed E-state index contributed by atoms with van der Waals surface area (Å²) in [7, 11) is -4.07. The molecule has 0 radical (unpaired) electrons. The van der Waals surface area contributed by atoms with Crippen molar-refractivity contribution < 1.29 is 26.4 Å². The Morgan fingerprint density at radius 3 is 2.26 bits per heavy atom. The van der Waals surface area contributed by atoms with Crippen molar-refractivity contribution in [3.05, 3.63) is 77.7 Å². The number of carbonyl (C=O) groups excluding carboxylic acids is 2. The topological polar surface area (TPSA) is 124 Å². The lowest BCUT2D eigenvalue weighted by Crippen LogP contribution is -2.40. The Labute approximate surface area is 225 Å². The Balaban J connectivity index is 1.65. The van der Waals surface area contributed by atoms with Gasteiger partial charge < -0.3 is 9.80 Å². The van der Waals surface area contributed by atoms with E-state index in [9.17, 15) is 26.4 Å². The van der Waals surface area contributed by atoms with Crippen LogP contribution in [0.3, 0.4) is 0 Å². The fourth-order valence-corrected chi connectivity index (χ4v) is 6.15. The number of rotatable bonds is 12. The third kappa shape index (κ3) is 7.97. The summed E-state index contributed by atoms with van der Waals surface area (Å²) in [5, 5.41) is 0.823. The van der Waals surface area contributed by atoms with Crippen LogP contribution in [-0.2, 0) is 42.6 Å². The molecular formula is C26H34N4O6S2. The zero-order valence-corrected chi connectivity index (χ0v) is 23.2. The Hall–Kier alpha value is -3.06. The second-order valence-corrected chi connectivity index (χ2v) is 13.1. The number of benzene rings is 2. The Kier molecular flexibility index (Phi) is 9.82. The van der Waals surface area contributed by atoms with Crippen molar-refractivity contribution in [1.29, 1.82) is 0 Å². The van der Waals surface area contributed by atoms with Crippen LogP contribution in [0.4, 0.5) is 0 Å². The van der Waals surface area contributed by atoms with Gasteiger partial charge in [0.05, 0.1) is 11.3 Å². The summed E-state index contributed by atoms with van der Waals surface area (Å²) in [5.74, 6) is -0.585. The molecular weight excluding hydrogens is 528 g/mol. The van der Waals surface area contributed by atoms with Gasteiger partial charge in [0.25, 0.3) is 0 Å². The van der Waals surface area contributed by atoms with Gasteiger partial charge in [0.15, 0.2) is 0 Å². The van der Waals surface area contributed by atoms with Crippen LogP contribution in [0.1, 0.15) is 17.5 Å². The lowest BCUT2D eigenvalue weighted by atomic mass is 10.1. The molecule has 2 amide bonds. The van der Waals surface area contributed by atoms with E-state index in [4.69, 9.17) is 0 Å². The summed E-state index contributed by atoms with van der Waals surface area (Å²) in [6.45, 7) is 4.10. The summed E-state index contributed by atoms with van der Waals surface area (Å²) in [6.07, 6.45) is 0.553. The summed E-state index contributed by atoms with van der Waals surface area (Å²) in [5.41, 5.74) is 1.53. The van der Waals surface area contributed by atoms with Gasteiger partial charge in [0.2, 0.25) is 31.9 Å². The molecule has 1 atom stereocenters. The molecule has 3 rings (SSSR count). The molecule has 0 spiro atoms. The van der Waals surface area contributed by atoms with Crippen molar-refractivity contribution in [2.75, 3.05) is 40.3 Å². The molecule has 0 unspecified atom stereocenters. The molecule has 10 nitrogen and oxygen atoms in total. The zero-order valence-electron chi connectivity index (χ0n) is 21.6. The van der Waals surface area contributed by atoms with Crippen LogP contribution in [0.15, 0.2) is 71.5 Å². The highest BCUT2D eigenvalue weighted by Crippen LogP contribution is 2.24. The molecule has 206 valence electrons. The molecule has 0 aliphatic carbocycles. The number of sulfonamides is 2. The number of hydrogen-bond donors (Lipinski definition) is 1. The molecule has 1 aliphatic heterocycles. The minimum absolute atomic E-state index is 0.0170. The van der Waals surface area contributed by atoms with E-state index in [-0.39, 0.29) is 61.8 Å². The highest BCUT2D eigenvalue weighted by atomic mass is 32.2.